The van der Waals surface area contributed by atoms with Crippen LogP contribution in [0.3, 0.4) is 0 Å². The van der Waals surface area contributed by atoms with Gasteiger partial charge in [0.1, 0.15) is 0 Å². The van der Waals surface area contributed by atoms with E-state index in [1.807, 2.05) is 4.90 Å². The molecule has 0 atom stereocenters. The van der Waals surface area contributed by atoms with E-state index in [1.165, 1.54) is 6.42 Å². The molecule has 1 amide bonds. The van der Waals surface area contributed by atoms with Crippen LogP contribution in [0.5, 0.6) is 0 Å². The third kappa shape index (κ3) is 3.77. The number of hydrogen-bond acceptors (Lipinski definition) is 2. The first kappa shape index (κ1) is 11.0. The van der Waals surface area contributed by atoms with E-state index in [9.17, 15) is 9.59 Å². The van der Waals surface area contributed by atoms with Crippen molar-refractivity contribution in [1.82, 2.24) is 4.90 Å². The smallest absolute Gasteiger partial charge is 0.303 e. The number of carboxylic acids is 1. The number of likely N-dealkylation sites (tertiary alicyclic amines) is 1. The van der Waals surface area contributed by atoms with Crippen molar-refractivity contribution in [1.29, 1.82) is 0 Å². The van der Waals surface area contributed by atoms with Gasteiger partial charge in [0.25, 0.3) is 0 Å². The van der Waals surface area contributed by atoms with Crippen molar-refractivity contribution in [3.8, 4) is 0 Å². The van der Waals surface area contributed by atoms with Crippen LogP contribution in [0, 0.1) is 0 Å². The zero-order valence-corrected chi connectivity index (χ0v) is 8.37. The fourth-order valence-electron chi connectivity index (χ4n) is 1.69. The van der Waals surface area contributed by atoms with Crippen molar-refractivity contribution < 1.29 is 14.7 Å². The molecule has 0 radical (unpaired) electrons. The van der Waals surface area contributed by atoms with Crippen molar-refractivity contribution >= 4 is 11.9 Å². The third-order valence-corrected chi connectivity index (χ3v) is 2.49. The molecule has 0 bridgehead atoms. The number of carboxylic acid groups (broad SMARTS) is 1. The molecule has 0 aromatic heterocycles. The molecule has 1 N–H and O–H groups in total. The van der Waals surface area contributed by atoms with Crippen molar-refractivity contribution in [2.45, 2.75) is 38.5 Å². The highest BCUT2D eigenvalue weighted by Crippen LogP contribution is 2.11. The summed E-state index contributed by atoms with van der Waals surface area (Å²) in [7, 11) is 0. The van der Waals surface area contributed by atoms with Gasteiger partial charge in [-0.05, 0) is 25.7 Å². The summed E-state index contributed by atoms with van der Waals surface area (Å²) in [5, 5.41) is 8.41. The van der Waals surface area contributed by atoms with Gasteiger partial charge in [-0.15, -0.1) is 0 Å². The van der Waals surface area contributed by atoms with Crippen LogP contribution in [-0.2, 0) is 9.59 Å². The van der Waals surface area contributed by atoms with E-state index in [1.54, 1.807) is 0 Å². The maximum atomic E-state index is 11.5. The summed E-state index contributed by atoms with van der Waals surface area (Å²) in [6.07, 6.45) is 4.32. The summed E-state index contributed by atoms with van der Waals surface area (Å²) >= 11 is 0. The molecule has 0 aliphatic carbocycles. The zero-order chi connectivity index (χ0) is 10.4. The molecule has 0 aromatic carbocycles. The lowest BCUT2D eigenvalue weighted by atomic mass is 10.1. The molecule has 80 valence electrons. The van der Waals surface area contributed by atoms with E-state index in [0.717, 1.165) is 25.9 Å². The normalized spacial score (nSPS) is 16.7. The van der Waals surface area contributed by atoms with Gasteiger partial charge < -0.3 is 10.0 Å². The Morgan fingerprint density at radius 1 is 1.07 bits per heavy atom. The predicted octanol–water partition coefficient (Wildman–Crippen LogP) is 1.25. The molecular weight excluding hydrogens is 182 g/mol. The van der Waals surface area contributed by atoms with Gasteiger partial charge in [-0.3, -0.25) is 9.59 Å². The van der Waals surface area contributed by atoms with Crippen molar-refractivity contribution in [2.24, 2.45) is 0 Å². The molecule has 0 saturated carbocycles. The van der Waals surface area contributed by atoms with Gasteiger partial charge in [-0.1, -0.05) is 0 Å². The van der Waals surface area contributed by atoms with Crippen LogP contribution < -0.4 is 0 Å². The fraction of sp³-hybridized carbons (Fsp3) is 0.800. The first-order valence-corrected chi connectivity index (χ1v) is 5.20. The highest BCUT2D eigenvalue weighted by Gasteiger charge is 2.15. The number of amides is 1. The molecule has 1 saturated heterocycles. The van der Waals surface area contributed by atoms with Crippen molar-refractivity contribution in [3.63, 3.8) is 0 Å². The molecule has 0 aromatic rings. The zero-order valence-electron chi connectivity index (χ0n) is 8.37. The number of rotatable bonds is 4. The molecule has 0 unspecified atom stereocenters. The van der Waals surface area contributed by atoms with Crippen molar-refractivity contribution in [3.05, 3.63) is 0 Å². The molecular formula is C10H17NO3. The standard InChI is InChI=1S/C10H17NO3/c12-9(5-4-6-10(13)14)11-7-2-1-3-8-11/h1-8H2,(H,13,14). The molecule has 1 aliphatic rings. The van der Waals surface area contributed by atoms with Crippen LogP contribution in [0.25, 0.3) is 0 Å². The minimum Gasteiger partial charge on any atom is -0.481 e. The lowest BCUT2D eigenvalue weighted by molar-refractivity contribution is -0.137. The fourth-order valence-corrected chi connectivity index (χ4v) is 1.69. The van der Waals surface area contributed by atoms with E-state index in [0.29, 0.717) is 12.8 Å². The largest absolute Gasteiger partial charge is 0.481 e. The first-order chi connectivity index (χ1) is 6.70. The molecule has 1 rings (SSSR count). The van der Waals surface area contributed by atoms with Crippen molar-refractivity contribution in [2.75, 3.05) is 13.1 Å². The van der Waals surface area contributed by atoms with Crippen LogP contribution >= 0.6 is 0 Å². The topological polar surface area (TPSA) is 57.6 Å². The second kappa shape index (κ2) is 5.62. The second-order valence-corrected chi connectivity index (χ2v) is 3.69. The highest BCUT2D eigenvalue weighted by molar-refractivity contribution is 5.77. The highest BCUT2D eigenvalue weighted by atomic mass is 16.4. The second-order valence-electron chi connectivity index (χ2n) is 3.69. The van der Waals surface area contributed by atoms with E-state index >= 15 is 0 Å². The number of piperidine rings is 1. The Morgan fingerprint density at radius 2 is 1.71 bits per heavy atom. The average molecular weight is 199 g/mol. The first-order valence-electron chi connectivity index (χ1n) is 5.20. The van der Waals surface area contributed by atoms with Gasteiger partial charge in [0.2, 0.25) is 5.91 Å². The van der Waals surface area contributed by atoms with E-state index < -0.39 is 5.97 Å². The molecule has 0 spiro atoms. The van der Waals surface area contributed by atoms with E-state index in [4.69, 9.17) is 5.11 Å². The molecule has 1 fully saturated rings. The molecule has 14 heavy (non-hydrogen) atoms. The molecule has 1 aliphatic heterocycles. The quantitative estimate of drug-likeness (QED) is 0.741. The van der Waals surface area contributed by atoms with Crippen LogP contribution in [0.1, 0.15) is 38.5 Å². The number of aliphatic carboxylic acids is 1. The van der Waals surface area contributed by atoms with Crippen LogP contribution in [0.4, 0.5) is 0 Å². The Labute approximate surface area is 83.9 Å². The molecule has 1 heterocycles. The Balaban J connectivity index is 2.16. The molecule has 4 nitrogen and oxygen atoms in total. The summed E-state index contributed by atoms with van der Waals surface area (Å²) in [6.45, 7) is 1.71. The summed E-state index contributed by atoms with van der Waals surface area (Å²) in [6, 6.07) is 0. The SMILES string of the molecule is O=C(O)CCCC(=O)N1CCCCC1. The maximum absolute atomic E-state index is 11.5. The minimum atomic E-state index is -0.823. The Hall–Kier alpha value is -1.06. The Morgan fingerprint density at radius 3 is 2.29 bits per heavy atom. The van der Waals surface area contributed by atoms with Gasteiger partial charge in [-0.2, -0.15) is 0 Å². The van der Waals surface area contributed by atoms with E-state index in [2.05, 4.69) is 0 Å². The summed E-state index contributed by atoms with van der Waals surface area (Å²) < 4.78 is 0. The lowest BCUT2D eigenvalue weighted by Gasteiger charge is -2.26. The van der Waals surface area contributed by atoms with Gasteiger partial charge in [-0.25, -0.2) is 0 Å². The Bertz CT molecular complexity index is 209. The summed E-state index contributed by atoms with van der Waals surface area (Å²) in [4.78, 5) is 23.6. The monoisotopic (exact) mass is 199 g/mol. The third-order valence-electron chi connectivity index (χ3n) is 2.49. The van der Waals surface area contributed by atoms with E-state index in [-0.39, 0.29) is 12.3 Å². The number of hydrogen-bond donors (Lipinski definition) is 1. The van der Waals surface area contributed by atoms with Gasteiger partial charge in [0, 0.05) is 25.9 Å². The maximum Gasteiger partial charge on any atom is 0.303 e. The average Bonchev–Trinajstić information content (AvgIpc) is 2.18. The number of nitrogens with zero attached hydrogens (tertiary/aromatic N) is 1. The van der Waals surface area contributed by atoms with Crippen LogP contribution in [-0.4, -0.2) is 35.0 Å². The van der Waals surface area contributed by atoms with Crippen LogP contribution in [0.2, 0.25) is 0 Å². The van der Waals surface area contributed by atoms with Gasteiger partial charge in [0.05, 0.1) is 0 Å². The van der Waals surface area contributed by atoms with Crippen LogP contribution in [0.15, 0.2) is 0 Å². The predicted molar refractivity (Wildman–Crippen MR) is 51.9 cm³/mol. The number of carbonyl (C=O) groups excluding carboxylic acids is 1. The molecule has 4 heteroatoms. The Kier molecular flexibility index (Phi) is 4.43. The summed E-state index contributed by atoms with van der Waals surface area (Å²) in [5.41, 5.74) is 0. The summed E-state index contributed by atoms with van der Waals surface area (Å²) in [5.74, 6) is -0.706. The lowest BCUT2D eigenvalue weighted by Crippen LogP contribution is -2.35. The minimum absolute atomic E-state index is 0.0968. The number of carbonyl (C=O) groups is 2. The van der Waals surface area contributed by atoms with Gasteiger partial charge >= 0.3 is 5.97 Å². The van der Waals surface area contributed by atoms with Gasteiger partial charge in [0.15, 0.2) is 0 Å².